The Labute approximate surface area is 158 Å². The van der Waals surface area contributed by atoms with Gasteiger partial charge in [0.25, 0.3) is 0 Å². The number of benzene rings is 2. The lowest BCUT2D eigenvalue weighted by Gasteiger charge is -2.30. The van der Waals surface area contributed by atoms with E-state index in [1.54, 1.807) is 20.3 Å². The van der Waals surface area contributed by atoms with E-state index in [2.05, 4.69) is 5.32 Å². The van der Waals surface area contributed by atoms with Crippen LogP contribution in [-0.4, -0.2) is 27.4 Å². The lowest BCUT2D eigenvalue weighted by atomic mass is 9.89. The van der Waals surface area contributed by atoms with Crippen LogP contribution in [0, 0.1) is 0 Å². The monoisotopic (exact) mass is 381 g/mol. The first-order valence-corrected chi connectivity index (χ1v) is 8.94. The molecule has 25 heavy (non-hydrogen) atoms. The lowest BCUT2D eigenvalue weighted by Crippen LogP contribution is -2.31. The van der Waals surface area contributed by atoms with E-state index in [1.165, 1.54) is 5.56 Å². The van der Waals surface area contributed by atoms with Gasteiger partial charge in [-0.25, -0.2) is 0 Å². The fourth-order valence-electron chi connectivity index (χ4n) is 3.28. The lowest BCUT2D eigenvalue weighted by molar-refractivity contribution is 0.309. The first-order chi connectivity index (χ1) is 12.1. The third-order valence-corrected chi connectivity index (χ3v) is 4.83. The summed E-state index contributed by atoms with van der Waals surface area (Å²) in [5.74, 6) is 2.10. The van der Waals surface area contributed by atoms with Gasteiger partial charge in [-0.3, -0.25) is 0 Å². The predicted molar refractivity (Wildman–Crippen MR) is 101 cm³/mol. The van der Waals surface area contributed by atoms with Crippen molar-refractivity contribution in [3.63, 3.8) is 0 Å². The van der Waals surface area contributed by atoms with Gasteiger partial charge >= 0.3 is 0 Å². The predicted octanol–water partition coefficient (Wildman–Crippen LogP) is 4.64. The van der Waals surface area contributed by atoms with Gasteiger partial charge in [-0.1, -0.05) is 23.2 Å². The van der Waals surface area contributed by atoms with Crippen molar-refractivity contribution in [3.8, 4) is 17.2 Å². The van der Waals surface area contributed by atoms with Gasteiger partial charge < -0.3 is 19.5 Å². The molecule has 0 bridgehead atoms. The Morgan fingerprint density at radius 3 is 2.52 bits per heavy atom. The summed E-state index contributed by atoms with van der Waals surface area (Å²) in [5, 5.41) is 4.61. The van der Waals surface area contributed by atoms with Crippen LogP contribution in [0.2, 0.25) is 10.0 Å². The third kappa shape index (κ3) is 3.52. The average Bonchev–Trinajstić information content (AvgIpc) is 2.60. The molecule has 0 radical (unpaired) electrons. The first-order valence-electron chi connectivity index (χ1n) is 8.19. The number of hydrogen-bond acceptors (Lipinski definition) is 4. The Kier molecular flexibility index (Phi) is 5.62. The zero-order chi connectivity index (χ0) is 18.0. The second-order valence-corrected chi connectivity index (χ2v) is 6.63. The summed E-state index contributed by atoms with van der Waals surface area (Å²) in [6, 6.07) is 7.58. The first kappa shape index (κ1) is 18.2. The van der Waals surface area contributed by atoms with Crippen LogP contribution in [0.15, 0.2) is 24.3 Å². The van der Waals surface area contributed by atoms with E-state index in [-0.39, 0.29) is 6.04 Å². The van der Waals surface area contributed by atoms with Crippen molar-refractivity contribution >= 4 is 23.2 Å². The number of halogens is 2. The second kappa shape index (κ2) is 7.73. The molecule has 0 saturated heterocycles. The van der Waals surface area contributed by atoms with Gasteiger partial charge in [0.15, 0.2) is 11.5 Å². The fourth-order valence-corrected chi connectivity index (χ4v) is 3.87. The van der Waals surface area contributed by atoms with E-state index in [9.17, 15) is 0 Å². The number of ether oxygens (including phenoxy) is 3. The van der Waals surface area contributed by atoms with Gasteiger partial charge in [0.2, 0.25) is 0 Å². The Morgan fingerprint density at radius 2 is 1.84 bits per heavy atom. The molecule has 1 atom stereocenters. The maximum atomic E-state index is 6.33. The van der Waals surface area contributed by atoms with Gasteiger partial charge in [-0.15, -0.1) is 0 Å². The highest BCUT2D eigenvalue weighted by Crippen LogP contribution is 2.42. The molecule has 1 heterocycles. The molecule has 134 valence electrons. The molecule has 1 aliphatic rings. The van der Waals surface area contributed by atoms with Crippen molar-refractivity contribution in [2.45, 2.75) is 19.4 Å². The highest BCUT2D eigenvalue weighted by Gasteiger charge is 2.27. The molecule has 6 heteroatoms. The quantitative estimate of drug-likeness (QED) is 0.818. The van der Waals surface area contributed by atoms with Gasteiger partial charge in [0, 0.05) is 17.1 Å². The van der Waals surface area contributed by atoms with Crippen molar-refractivity contribution in [2.24, 2.45) is 0 Å². The number of fused-ring (bicyclic) bond motifs is 1. The summed E-state index contributed by atoms with van der Waals surface area (Å²) in [4.78, 5) is 0. The Balaban J connectivity index is 2.15. The standard InChI is InChI=1S/C19H21Cl2NO3/c1-4-25-17-10-13-11(7-16(17)23-2)5-6-22-18(13)14-8-12(20)9-15(21)19(14)24-3/h7-10,18,22H,4-6H2,1-3H3. The molecule has 1 unspecified atom stereocenters. The van der Waals surface area contributed by atoms with E-state index >= 15 is 0 Å². The Morgan fingerprint density at radius 1 is 1.04 bits per heavy atom. The number of nitrogens with one attached hydrogen (secondary N) is 1. The smallest absolute Gasteiger partial charge is 0.161 e. The number of methoxy groups -OCH3 is 2. The van der Waals surface area contributed by atoms with Gasteiger partial charge in [0.05, 0.1) is 31.9 Å². The average molecular weight is 382 g/mol. The molecule has 0 saturated carbocycles. The summed E-state index contributed by atoms with van der Waals surface area (Å²) in [7, 11) is 3.27. The van der Waals surface area contributed by atoms with E-state index in [4.69, 9.17) is 37.4 Å². The largest absolute Gasteiger partial charge is 0.495 e. The normalized spacial score (nSPS) is 16.3. The second-order valence-electron chi connectivity index (χ2n) is 5.78. The molecule has 4 nitrogen and oxygen atoms in total. The molecule has 0 aromatic heterocycles. The summed E-state index contributed by atoms with van der Waals surface area (Å²) in [5.41, 5.74) is 3.24. The number of rotatable bonds is 5. The van der Waals surface area contributed by atoms with E-state index in [1.807, 2.05) is 25.1 Å². The molecule has 0 fully saturated rings. The molecule has 1 aliphatic heterocycles. The van der Waals surface area contributed by atoms with Gasteiger partial charge in [-0.2, -0.15) is 0 Å². The van der Waals surface area contributed by atoms with Crippen LogP contribution in [-0.2, 0) is 6.42 Å². The van der Waals surface area contributed by atoms with Crippen LogP contribution in [0.5, 0.6) is 17.2 Å². The molecule has 0 aliphatic carbocycles. The highest BCUT2D eigenvalue weighted by atomic mass is 35.5. The molecule has 0 amide bonds. The molecule has 0 spiro atoms. The Hall–Kier alpha value is -1.62. The molecular formula is C19H21Cl2NO3. The van der Waals surface area contributed by atoms with Gasteiger partial charge in [-0.05, 0) is 48.7 Å². The van der Waals surface area contributed by atoms with Crippen LogP contribution in [0.1, 0.15) is 29.7 Å². The van der Waals surface area contributed by atoms with Crippen molar-refractivity contribution in [1.82, 2.24) is 5.32 Å². The molecule has 2 aromatic rings. The van der Waals surface area contributed by atoms with E-state index in [0.29, 0.717) is 22.4 Å². The highest BCUT2D eigenvalue weighted by molar-refractivity contribution is 6.35. The van der Waals surface area contributed by atoms with Crippen molar-refractivity contribution in [3.05, 3.63) is 51.0 Å². The molecule has 2 aromatic carbocycles. The fraction of sp³-hybridized carbons (Fsp3) is 0.368. The van der Waals surface area contributed by atoms with Crippen molar-refractivity contribution in [1.29, 1.82) is 0 Å². The summed E-state index contributed by atoms with van der Waals surface area (Å²) in [6.07, 6.45) is 0.908. The van der Waals surface area contributed by atoms with E-state index in [0.717, 1.165) is 35.6 Å². The third-order valence-electron chi connectivity index (χ3n) is 4.33. The van der Waals surface area contributed by atoms with Crippen molar-refractivity contribution < 1.29 is 14.2 Å². The zero-order valence-electron chi connectivity index (χ0n) is 14.5. The van der Waals surface area contributed by atoms with Crippen LogP contribution < -0.4 is 19.5 Å². The molecule has 3 rings (SSSR count). The molecule has 1 N–H and O–H groups in total. The molecular weight excluding hydrogens is 361 g/mol. The van der Waals surface area contributed by atoms with Crippen LogP contribution in [0.3, 0.4) is 0 Å². The minimum Gasteiger partial charge on any atom is -0.495 e. The van der Waals surface area contributed by atoms with Crippen LogP contribution >= 0.6 is 23.2 Å². The minimum absolute atomic E-state index is 0.0833. The summed E-state index contributed by atoms with van der Waals surface area (Å²) >= 11 is 12.6. The van der Waals surface area contributed by atoms with Crippen LogP contribution in [0.25, 0.3) is 0 Å². The maximum Gasteiger partial charge on any atom is 0.161 e. The SMILES string of the molecule is CCOc1cc2c(cc1OC)CCNC2c1cc(Cl)cc(Cl)c1OC. The topological polar surface area (TPSA) is 39.7 Å². The summed E-state index contributed by atoms with van der Waals surface area (Å²) in [6.45, 7) is 3.36. The number of hydrogen-bond donors (Lipinski definition) is 1. The van der Waals surface area contributed by atoms with Crippen LogP contribution in [0.4, 0.5) is 0 Å². The van der Waals surface area contributed by atoms with Gasteiger partial charge in [0.1, 0.15) is 5.75 Å². The zero-order valence-corrected chi connectivity index (χ0v) is 16.0. The minimum atomic E-state index is -0.0833. The Bertz CT molecular complexity index is 780. The van der Waals surface area contributed by atoms with E-state index < -0.39 is 0 Å². The van der Waals surface area contributed by atoms with Crippen molar-refractivity contribution in [2.75, 3.05) is 27.4 Å². The summed E-state index contributed by atoms with van der Waals surface area (Å²) < 4.78 is 16.8. The maximum absolute atomic E-state index is 6.33.